The average Bonchev–Trinajstić information content (AvgIpc) is 2.58. The van der Waals surface area contributed by atoms with Gasteiger partial charge in [-0.05, 0) is 19.3 Å². The molecule has 2 heterocycles. The summed E-state index contributed by atoms with van der Waals surface area (Å²) in [6.45, 7) is 7.38. The van der Waals surface area contributed by atoms with Crippen LogP contribution in [0.25, 0.3) is 0 Å². The zero-order chi connectivity index (χ0) is 10.8. The van der Waals surface area contributed by atoms with Crippen LogP contribution in [-0.4, -0.2) is 49.2 Å². The van der Waals surface area contributed by atoms with E-state index in [0.29, 0.717) is 25.1 Å². The van der Waals surface area contributed by atoms with Crippen LogP contribution in [0, 0.1) is 5.92 Å². The quantitative estimate of drug-likeness (QED) is 0.676. The highest BCUT2D eigenvalue weighted by Gasteiger charge is 2.34. The van der Waals surface area contributed by atoms with Crippen molar-refractivity contribution in [2.24, 2.45) is 5.92 Å². The summed E-state index contributed by atoms with van der Waals surface area (Å²) in [5.41, 5.74) is 0. The summed E-state index contributed by atoms with van der Waals surface area (Å²) in [4.78, 5) is 14.1. The van der Waals surface area contributed by atoms with Gasteiger partial charge in [0.1, 0.15) is 6.10 Å². The molecule has 2 aliphatic heterocycles. The second kappa shape index (κ2) is 4.49. The van der Waals surface area contributed by atoms with E-state index in [1.54, 1.807) is 0 Å². The van der Waals surface area contributed by atoms with Crippen molar-refractivity contribution in [3.8, 4) is 0 Å². The number of amides is 1. The lowest BCUT2D eigenvalue weighted by Gasteiger charge is -2.29. The van der Waals surface area contributed by atoms with Crippen LogP contribution < -0.4 is 5.32 Å². The highest BCUT2D eigenvalue weighted by molar-refractivity contribution is 5.81. The normalized spacial score (nSPS) is 36.9. The molecule has 4 heteroatoms. The Hall–Kier alpha value is -0.610. The molecule has 0 radical (unpaired) electrons. The Morgan fingerprint density at radius 3 is 2.80 bits per heavy atom. The van der Waals surface area contributed by atoms with E-state index in [2.05, 4.69) is 19.2 Å². The minimum atomic E-state index is -0.258. The molecule has 2 fully saturated rings. The van der Waals surface area contributed by atoms with Crippen molar-refractivity contribution in [1.82, 2.24) is 10.2 Å². The van der Waals surface area contributed by atoms with E-state index in [0.717, 1.165) is 19.5 Å². The summed E-state index contributed by atoms with van der Waals surface area (Å²) in [7, 11) is 0. The van der Waals surface area contributed by atoms with Crippen LogP contribution in [0.1, 0.15) is 20.3 Å². The number of nitrogens with one attached hydrogen (secondary N) is 1. The Morgan fingerprint density at radius 1 is 1.47 bits per heavy atom. The van der Waals surface area contributed by atoms with Crippen LogP contribution in [0.2, 0.25) is 0 Å². The maximum atomic E-state index is 12.1. The predicted octanol–water partition coefficient (Wildman–Crippen LogP) is 0.232. The van der Waals surface area contributed by atoms with Crippen LogP contribution in [0.3, 0.4) is 0 Å². The lowest BCUT2D eigenvalue weighted by molar-refractivity contribution is -0.145. The van der Waals surface area contributed by atoms with Crippen molar-refractivity contribution >= 4 is 5.91 Å². The maximum absolute atomic E-state index is 12.1. The number of carbonyl (C=O) groups excluding carboxylic acids is 1. The summed E-state index contributed by atoms with van der Waals surface area (Å²) < 4.78 is 5.48. The molecular formula is C11H20N2O2. The van der Waals surface area contributed by atoms with Gasteiger partial charge in [0.2, 0.25) is 0 Å². The number of hydrogen-bond acceptors (Lipinski definition) is 3. The summed E-state index contributed by atoms with van der Waals surface area (Å²) in [5.74, 6) is 0.791. The van der Waals surface area contributed by atoms with Gasteiger partial charge in [-0.25, -0.2) is 0 Å². The highest BCUT2D eigenvalue weighted by atomic mass is 16.5. The van der Waals surface area contributed by atoms with E-state index in [-0.39, 0.29) is 12.0 Å². The van der Waals surface area contributed by atoms with Crippen molar-refractivity contribution in [1.29, 1.82) is 0 Å². The van der Waals surface area contributed by atoms with Crippen molar-refractivity contribution in [3.05, 3.63) is 0 Å². The van der Waals surface area contributed by atoms with Crippen LogP contribution in [0.15, 0.2) is 0 Å². The average molecular weight is 212 g/mol. The smallest absolute Gasteiger partial charge is 0.253 e. The molecule has 4 nitrogen and oxygen atoms in total. The van der Waals surface area contributed by atoms with Gasteiger partial charge in [-0.15, -0.1) is 0 Å². The molecule has 0 aromatic rings. The number of ether oxygens (including phenoxy) is 1. The molecule has 3 atom stereocenters. The molecule has 0 aromatic carbocycles. The summed E-state index contributed by atoms with van der Waals surface area (Å²) in [5, 5.41) is 3.19. The Bertz CT molecular complexity index is 239. The zero-order valence-corrected chi connectivity index (χ0v) is 9.53. The van der Waals surface area contributed by atoms with Gasteiger partial charge in [0.05, 0.1) is 6.61 Å². The van der Waals surface area contributed by atoms with E-state index in [1.807, 2.05) is 4.90 Å². The maximum Gasteiger partial charge on any atom is 0.253 e. The van der Waals surface area contributed by atoms with E-state index >= 15 is 0 Å². The summed E-state index contributed by atoms with van der Waals surface area (Å²) in [6, 6.07) is 0.373. The largest absolute Gasteiger partial charge is 0.366 e. The third-order valence-corrected chi connectivity index (χ3v) is 3.27. The lowest BCUT2D eigenvalue weighted by atomic mass is 10.1. The molecule has 0 spiro atoms. The number of hydrogen-bond donors (Lipinski definition) is 1. The highest BCUT2D eigenvalue weighted by Crippen LogP contribution is 2.23. The standard InChI is InChI=1S/C11H20N2O2/c1-8-5-9(2)13(7-8)11(14)10-6-12-3-4-15-10/h8-10,12H,3-7H2,1-2H3/t8?,9?,10-/m1/s1. The van der Waals surface area contributed by atoms with Crippen molar-refractivity contribution < 1.29 is 9.53 Å². The van der Waals surface area contributed by atoms with Crippen LogP contribution in [-0.2, 0) is 9.53 Å². The molecule has 0 aliphatic carbocycles. The van der Waals surface area contributed by atoms with Gasteiger partial charge in [0.15, 0.2) is 0 Å². The topological polar surface area (TPSA) is 41.6 Å². The second-order valence-corrected chi connectivity index (χ2v) is 4.74. The molecular weight excluding hydrogens is 192 g/mol. The fourth-order valence-corrected chi connectivity index (χ4v) is 2.52. The molecule has 0 aromatic heterocycles. The van der Waals surface area contributed by atoms with Gasteiger partial charge in [-0.3, -0.25) is 4.79 Å². The molecule has 2 unspecified atom stereocenters. The lowest BCUT2D eigenvalue weighted by Crippen LogP contribution is -2.50. The predicted molar refractivity (Wildman–Crippen MR) is 57.6 cm³/mol. The molecule has 2 saturated heterocycles. The first kappa shape index (κ1) is 10.9. The van der Waals surface area contributed by atoms with Gasteiger partial charge in [0, 0.05) is 25.7 Å². The fourth-order valence-electron chi connectivity index (χ4n) is 2.52. The first-order valence-electron chi connectivity index (χ1n) is 5.81. The molecule has 15 heavy (non-hydrogen) atoms. The fraction of sp³-hybridized carbons (Fsp3) is 0.909. The minimum Gasteiger partial charge on any atom is -0.366 e. The number of nitrogens with zero attached hydrogens (tertiary/aromatic N) is 1. The van der Waals surface area contributed by atoms with E-state index in [9.17, 15) is 4.79 Å². The number of morpholine rings is 1. The molecule has 86 valence electrons. The minimum absolute atomic E-state index is 0.166. The van der Waals surface area contributed by atoms with Gasteiger partial charge < -0.3 is 15.0 Å². The van der Waals surface area contributed by atoms with Crippen molar-refractivity contribution in [2.45, 2.75) is 32.4 Å². The first-order valence-corrected chi connectivity index (χ1v) is 5.81. The monoisotopic (exact) mass is 212 g/mol. The van der Waals surface area contributed by atoms with E-state index in [1.165, 1.54) is 0 Å². The van der Waals surface area contributed by atoms with Crippen LogP contribution in [0.4, 0.5) is 0 Å². The first-order chi connectivity index (χ1) is 7.18. The molecule has 0 bridgehead atoms. The summed E-state index contributed by atoms with van der Waals surface area (Å²) in [6.07, 6.45) is 0.859. The van der Waals surface area contributed by atoms with Gasteiger partial charge in [-0.1, -0.05) is 6.92 Å². The number of rotatable bonds is 1. The third kappa shape index (κ3) is 2.32. The van der Waals surface area contributed by atoms with Crippen LogP contribution in [0.5, 0.6) is 0 Å². The SMILES string of the molecule is CC1CC(C)N(C(=O)[C@H]2CNCCO2)C1. The molecule has 0 saturated carbocycles. The van der Waals surface area contributed by atoms with Crippen LogP contribution >= 0.6 is 0 Å². The second-order valence-electron chi connectivity index (χ2n) is 4.74. The Morgan fingerprint density at radius 2 is 2.27 bits per heavy atom. The molecule has 1 amide bonds. The van der Waals surface area contributed by atoms with Gasteiger partial charge in [-0.2, -0.15) is 0 Å². The number of likely N-dealkylation sites (tertiary alicyclic amines) is 1. The molecule has 2 rings (SSSR count). The Labute approximate surface area is 91.0 Å². The Kier molecular flexibility index (Phi) is 3.26. The van der Waals surface area contributed by atoms with Gasteiger partial charge >= 0.3 is 0 Å². The molecule has 1 N–H and O–H groups in total. The summed E-state index contributed by atoms with van der Waals surface area (Å²) >= 11 is 0. The number of carbonyl (C=O) groups is 1. The third-order valence-electron chi connectivity index (χ3n) is 3.27. The molecule has 2 aliphatic rings. The van der Waals surface area contributed by atoms with Crippen molar-refractivity contribution in [3.63, 3.8) is 0 Å². The van der Waals surface area contributed by atoms with Gasteiger partial charge in [0.25, 0.3) is 5.91 Å². The zero-order valence-electron chi connectivity index (χ0n) is 9.53. The van der Waals surface area contributed by atoms with E-state index < -0.39 is 0 Å². The Balaban J connectivity index is 1.94. The van der Waals surface area contributed by atoms with E-state index in [4.69, 9.17) is 4.74 Å². The van der Waals surface area contributed by atoms with Crippen molar-refractivity contribution in [2.75, 3.05) is 26.2 Å².